The zero-order chi connectivity index (χ0) is 12.3. The Morgan fingerprint density at radius 1 is 1.41 bits per heavy atom. The van der Waals surface area contributed by atoms with Crippen LogP contribution in [0.3, 0.4) is 0 Å². The van der Waals surface area contributed by atoms with Crippen LogP contribution in [0.15, 0.2) is 34.9 Å². The summed E-state index contributed by atoms with van der Waals surface area (Å²) in [5, 5.41) is 0. The normalized spacial score (nSPS) is 28.8. The Morgan fingerprint density at radius 2 is 2.24 bits per heavy atom. The predicted molar refractivity (Wildman–Crippen MR) is 76.0 cm³/mol. The minimum absolute atomic E-state index is 0.932. The summed E-state index contributed by atoms with van der Waals surface area (Å²) in [5.74, 6) is 1.87. The maximum Gasteiger partial charge on any atom is -0.0103 e. The molecule has 2 aliphatic rings. The quantitative estimate of drug-likeness (QED) is 0.553. The first-order valence-corrected chi connectivity index (χ1v) is 7.23. The molecule has 0 nitrogen and oxygen atoms in total. The molecule has 0 aromatic carbocycles. The Kier molecular flexibility index (Phi) is 4.25. The van der Waals surface area contributed by atoms with Gasteiger partial charge < -0.3 is 0 Å². The van der Waals surface area contributed by atoms with Crippen LogP contribution in [0.25, 0.3) is 0 Å². The molecule has 0 amide bonds. The minimum Gasteiger partial charge on any atom is -0.0878 e. The molecule has 2 aliphatic carbocycles. The first kappa shape index (κ1) is 12.7. The number of hydrogen-bond donors (Lipinski definition) is 0. The van der Waals surface area contributed by atoms with Crippen molar-refractivity contribution < 1.29 is 0 Å². The highest BCUT2D eigenvalue weighted by Crippen LogP contribution is 2.45. The number of hydrogen-bond acceptors (Lipinski definition) is 0. The summed E-state index contributed by atoms with van der Waals surface area (Å²) in [7, 11) is 0. The average Bonchev–Trinajstić information content (AvgIpc) is 2.95. The fourth-order valence-electron chi connectivity index (χ4n) is 3.15. The van der Waals surface area contributed by atoms with Crippen LogP contribution in [0.2, 0.25) is 0 Å². The van der Waals surface area contributed by atoms with Crippen molar-refractivity contribution in [3.8, 4) is 0 Å². The predicted octanol–water partition coefficient (Wildman–Crippen LogP) is 5.43. The van der Waals surface area contributed by atoms with Crippen molar-refractivity contribution in [1.82, 2.24) is 0 Å². The van der Waals surface area contributed by atoms with E-state index in [4.69, 9.17) is 0 Å². The molecule has 0 aliphatic heterocycles. The molecule has 0 heterocycles. The molecule has 0 radical (unpaired) electrons. The molecule has 2 bridgehead atoms. The van der Waals surface area contributed by atoms with Crippen LogP contribution in [0, 0.1) is 11.8 Å². The van der Waals surface area contributed by atoms with E-state index < -0.39 is 0 Å². The van der Waals surface area contributed by atoms with Gasteiger partial charge in [0.25, 0.3) is 0 Å². The second-order valence-electron chi connectivity index (χ2n) is 5.74. The van der Waals surface area contributed by atoms with E-state index in [0.717, 1.165) is 18.3 Å². The second kappa shape index (κ2) is 5.71. The van der Waals surface area contributed by atoms with Gasteiger partial charge in [0.2, 0.25) is 0 Å². The van der Waals surface area contributed by atoms with Crippen molar-refractivity contribution in [1.29, 1.82) is 0 Å². The van der Waals surface area contributed by atoms with E-state index in [1.54, 1.807) is 11.1 Å². The Labute approximate surface area is 106 Å². The van der Waals surface area contributed by atoms with Crippen molar-refractivity contribution in [2.24, 2.45) is 11.8 Å². The highest BCUT2D eigenvalue weighted by atomic mass is 14.4. The SMILES string of the molecule is CC=C(CC=C(C)CC)CC1=CC2CCC1C2. The topological polar surface area (TPSA) is 0 Å². The molecule has 2 atom stereocenters. The summed E-state index contributed by atoms with van der Waals surface area (Å²) >= 11 is 0. The van der Waals surface area contributed by atoms with Crippen LogP contribution in [0.1, 0.15) is 59.3 Å². The fourth-order valence-corrected chi connectivity index (χ4v) is 3.15. The molecule has 2 unspecified atom stereocenters. The summed E-state index contributed by atoms with van der Waals surface area (Å²) in [5.41, 5.74) is 4.87. The fraction of sp³-hybridized carbons (Fsp3) is 0.647. The van der Waals surface area contributed by atoms with Gasteiger partial charge in [-0.05, 0) is 64.2 Å². The van der Waals surface area contributed by atoms with E-state index in [1.165, 1.54) is 37.7 Å². The van der Waals surface area contributed by atoms with E-state index in [1.807, 2.05) is 0 Å². The van der Waals surface area contributed by atoms with Crippen molar-refractivity contribution in [3.05, 3.63) is 34.9 Å². The summed E-state index contributed by atoms with van der Waals surface area (Å²) in [6.45, 7) is 6.67. The largest absolute Gasteiger partial charge is 0.0878 e. The molecular weight excluding hydrogens is 204 g/mol. The van der Waals surface area contributed by atoms with E-state index in [-0.39, 0.29) is 0 Å². The van der Waals surface area contributed by atoms with E-state index >= 15 is 0 Å². The minimum atomic E-state index is 0.932. The van der Waals surface area contributed by atoms with Crippen molar-refractivity contribution in [2.75, 3.05) is 0 Å². The third-order valence-corrected chi connectivity index (χ3v) is 4.56. The smallest absolute Gasteiger partial charge is 0.0103 e. The molecule has 2 rings (SSSR count). The van der Waals surface area contributed by atoms with Crippen LogP contribution >= 0.6 is 0 Å². The molecule has 0 heteroatoms. The Morgan fingerprint density at radius 3 is 2.76 bits per heavy atom. The number of allylic oxidation sites excluding steroid dienone is 6. The molecule has 1 saturated carbocycles. The van der Waals surface area contributed by atoms with Crippen molar-refractivity contribution in [2.45, 2.75) is 59.3 Å². The van der Waals surface area contributed by atoms with Crippen LogP contribution in [-0.2, 0) is 0 Å². The maximum atomic E-state index is 2.58. The second-order valence-corrected chi connectivity index (χ2v) is 5.74. The molecule has 0 aromatic heterocycles. The van der Waals surface area contributed by atoms with E-state index in [0.29, 0.717) is 0 Å². The van der Waals surface area contributed by atoms with Gasteiger partial charge in [0.05, 0.1) is 0 Å². The molecule has 1 fully saturated rings. The Bertz CT molecular complexity index is 354. The standard InChI is InChI=1S/C17H26/c1-4-13(3)6-7-14(5-2)10-17-12-15-8-9-16(17)11-15/h5-6,12,15-16H,4,7-11H2,1-3H3. The van der Waals surface area contributed by atoms with Crippen molar-refractivity contribution >= 4 is 0 Å². The molecule has 0 saturated heterocycles. The average molecular weight is 230 g/mol. The molecular formula is C17H26. The highest BCUT2D eigenvalue weighted by molar-refractivity contribution is 5.26. The lowest BCUT2D eigenvalue weighted by Gasteiger charge is -2.15. The van der Waals surface area contributed by atoms with E-state index in [2.05, 4.69) is 39.0 Å². The van der Waals surface area contributed by atoms with E-state index in [9.17, 15) is 0 Å². The Hall–Kier alpha value is -0.780. The first-order valence-electron chi connectivity index (χ1n) is 7.23. The molecule has 94 valence electrons. The van der Waals surface area contributed by atoms with Gasteiger partial charge >= 0.3 is 0 Å². The first-order chi connectivity index (χ1) is 8.22. The summed E-state index contributed by atoms with van der Waals surface area (Å²) < 4.78 is 0. The van der Waals surface area contributed by atoms with Gasteiger partial charge in [0.15, 0.2) is 0 Å². The van der Waals surface area contributed by atoms with Gasteiger partial charge in [-0.1, -0.05) is 41.9 Å². The van der Waals surface area contributed by atoms with Crippen LogP contribution < -0.4 is 0 Å². The lowest BCUT2D eigenvalue weighted by molar-refractivity contribution is 0.638. The monoisotopic (exact) mass is 230 g/mol. The Balaban J connectivity index is 1.91. The van der Waals surface area contributed by atoms with Crippen molar-refractivity contribution in [3.63, 3.8) is 0 Å². The lowest BCUT2D eigenvalue weighted by atomic mass is 9.91. The lowest BCUT2D eigenvalue weighted by Crippen LogP contribution is -1.98. The number of fused-ring (bicyclic) bond motifs is 2. The van der Waals surface area contributed by atoms with Crippen LogP contribution in [0.5, 0.6) is 0 Å². The number of rotatable bonds is 5. The zero-order valence-corrected chi connectivity index (χ0v) is 11.6. The maximum absolute atomic E-state index is 2.58. The van der Waals surface area contributed by atoms with Crippen LogP contribution in [-0.4, -0.2) is 0 Å². The third-order valence-electron chi connectivity index (χ3n) is 4.56. The molecule has 0 spiro atoms. The van der Waals surface area contributed by atoms with Gasteiger partial charge in [-0.3, -0.25) is 0 Å². The molecule has 0 N–H and O–H groups in total. The molecule has 17 heavy (non-hydrogen) atoms. The summed E-state index contributed by atoms with van der Waals surface area (Å²) in [4.78, 5) is 0. The van der Waals surface area contributed by atoms with Gasteiger partial charge in [-0.15, -0.1) is 0 Å². The van der Waals surface area contributed by atoms with Gasteiger partial charge in [0.1, 0.15) is 0 Å². The summed E-state index contributed by atoms with van der Waals surface area (Å²) in [6.07, 6.45) is 15.3. The van der Waals surface area contributed by atoms with Gasteiger partial charge in [-0.25, -0.2) is 0 Å². The zero-order valence-electron chi connectivity index (χ0n) is 11.6. The molecule has 0 aromatic rings. The third kappa shape index (κ3) is 3.12. The highest BCUT2D eigenvalue weighted by Gasteiger charge is 2.32. The van der Waals surface area contributed by atoms with Crippen LogP contribution in [0.4, 0.5) is 0 Å². The van der Waals surface area contributed by atoms with Gasteiger partial charge in [-0.2, -0.15) is 0 Å². The summed E-state index contributed by atoms with van der Waals surface area (Å²) in [6, 6.07) is 0. The van der Waals surface area contributed by atoms with Gasteiger partial charge in [0, 0.05) is 0 Å².